The number of carbonyl (C=O) groups is 1. The third-order valence-electron chi connectivity index (χ3n) is 3.86. The molecule has 1 heterocycles. The standard InChI is InChI=1S/C18H29N3O2/c1-18(2,3)20-17(22)19-14-16(21-9-11-23-12-10-21)13-15-7-5-4-6-8-15/h4-8,16H,9-14H2,1-3H3,(H2,19,20,22). The SMILES string of the molecule is CC(C)(C)NC(=O)NCC(Cc1ccccc1)N1CCOCC1. The van der Waals surface area contributed by atoms with Crippen LogP contribution in [-0.2, 0) is 11.2 Å². The highest BCUT2D eigenvalue weighted by Crippen LogP contribution is 2.11. The molecule has 0 aliphatic carbocycles. The predicted octanol–water partition coefficient (Wildman–Crippen LogP) is 2.03. The molecule has 1 aromatic rings. The molecule has 1 saturated heterocycles. The van der Waals surface area contributed by atoms with Gasteiger partial charge in [-0.15, -0.1) is 0 Å². The van der Waals surface area contributed by atoms with Gasteiger partial charge in [0.2, 0.25) is 0 Å². The molecule has 1 aromatic carbocycles. The highest BCUT2D eigenvalue weighted by atomic mass is 16.5. The van der Waals surface area contributed by atoms with Gasteiger partial charge in [-0.2, -0.15) is 0 Å². The van der Waals surface area contributed by atoms with Gasteiger partial charge < -0.3 is 15.4 Å². The Morgan fingerprint density at radius 2 is 1.87 bits per heavy atom. The molecule has 0 aromatic heterocycles. The van der Waals surface area contributed by atoms with Crippen molar-refractivity contribution in [3.8, 4) is 0 Å². The van der Waals surface area contributed by atoms with Crippen LogP contribution in [0.5, 0.6) is 0 Å². The first-order valence-electron chi connectivity index (χ1n) is 8.36. The van der Waals surface area contributed by atoms with E-state index in [1.54, 1.807) is 0 Å². The van der Waals surface area contributed by atoms with Crippen molar-refractivity contribution in [1.29, 1.82) is 0 Å². The summed E-state index contributed by atoms with van der Waals surface area (Å²) in [7, 11) is 0. The summed E-state index contributed by atoms with van der Waals surface area (Å²) < 4.78 is 5.45. The Hall–Kier alpha value is -1.59. The number of hydrogen-bond donors (Lipinski definition) is 2. The van der Waals surface area contributed by atoms with Crippen molar-refractivity contribution in [2.75, 3.05) is 32.8 Å². The molecule has 2 amide bonds. The van der Waals surface area contributed by atoms with Crippen LogP contribution in [0.1, 0.15) is 26.3 Å². The number of amides is 2. The van der Waals surface area contributed by atoms with Gasteiger partial charge in [0, 0.05) is 31.2 Å². The fraction of sp³-hybridized carbons (Fsp3) is 0.611. The van der Waals surface area contributed by atoms with Crippen molar-refractivity contribution in [1.82, 2.24) is 15.5 Å². The van der Waals surface area contributed by atoms with E-state index in [4.69, 9.17) is 4.74 Å². The summed E-state index contributed by atoms with van der Waals surface area (Å²) in [5, 5.41) is 5.97. The van der Waals surface area contributed by atoms with E-state index in [0.29, 0.717) is 6.54 Å². The van der Waals surface area contributed by atoms with Crippen molar-refractivity contribution in [3.05, 3.63) is 35.9 Å². The average molecular weight is 319 g/mol. The molecule has 0 bridgehead atoms. The van der Waals surface area contributed by atoms with Gasteiger partial charge in [0.15, 0.2) is 0 Å². The second-order valence-corrected chi connectivity index (χ2v) is 7.08. The predicted molar refractivity (Wildman–Crippen MR) is 92.6 cm³/mol. The van der Waals surface area contributed by atoms with Gasteiger partial charge >= 0.3 is 6.03 Å². The summed E-state index contributed by atoms with van der Waals surface area (Å²) >= 11 is 0. The Labute approximate surface area is 139 Å². The summed E-state index contributed by atoms with van der Waals surface area (Å²) in [4.78, 5) is 14.4. The Bertz CT molecular complexity index is 479. The molecule has 5 heteroatoms. The van der Waals surface area contributed by atoms with Crippen LogP contribution in [0.3, 0.4) is 0 Å². The van der Waals surface area contributed by atoms with Crippen molar-refractivity contribution >= 4 is 6.03 Å². The monoisotopic (exact) mass is 319 g/mol. The molecule has 5 nitrogen and oxygen atoms in total. The fourth-order valence-corrected chi connectivity index (χ4v) is 2.75. The van der Waals surface area contributed by atoms with E-state index in [2.05, 4.69) is 39.8 Å². The van der Waals surface area contributed by atoms with Crippen LogP contribution in [0.2, 0.25) is 0 Å². The number of urea groups is 1. The summed E-state index contributed by atoms with van der Waals surface area (Å²) in [5.74, 6) is 0. The minimum atomic E-state index is -0.224. The molecule has 0 saturated carbocycles. The summed E-state index contributed by atoms with van der Waals surface area (Å²) in [6, 6.07) is 10.6. The minimum absolute atomic E-state index is 0.108. The molecular weight excluding hydrogens is 290 g/mol. The topological polar surface area (TPSA) is 53.6 Å². The number of morpholine rings is 1. The van der Waals surface area contributed by atoms with E-state index >= 15 is 0 Å². The summed E-state index contributed by atoms with van der Waals surface area (Å²) in [6.07, 6.45) is 0.927. The lowest BCUT2D eigenvalue weighted by atomic mass is 10.0. The molecule has 128 valence electrons. The van der Waals surface area contributed by atoms with E-state index < -0.39 is 0 Å². The smallest absolute Gasteiger partial charge is 0.315 e. The zero-order valence-corrected chi connectivity index (χ0v) is 14.5. The largest absolute Gasteiger partial charge is 0.379 e. The maximum Gasteiger partial charge on any atom is 0.315 e. The lowest BCUT2D eigenvalue weighted by Crippen LogP contribution is -2.53. The van der Waals surface area contributed by atoms with Gasteiger partial charge in [-0.1, -0.05) is 30.3 Å². The van der Waals surface area contributed by atoms with Crippen LogP contribution in [0.4, 0.5) is 4.79 Å². The zero-order valence-electron chi connectivity index (χ0n) is 14.5. The first-order chi connectivity index (χ1) is 10.9. The van der Waals surface area contributed by atoms with E-state index in [9.17, 15) is 4.79 Å². The molecular formula is C18H29N3O2. The molecule has 23 heavy (non-hydrogen) atoms. The van der Waals surface area contributed by atoms with Gasteiger partial charge in [-0.25, -0.2) is 4.79 Å². The van der Waals surface area contributed by atoms with Gasteiger partial charge in [-0.3, -0.25) is 4.90 Å². The summed E-state index contributed by atoms with van der Waals surface area (Å²) in [6.45, 7) is 9.94. The molecule has 1 unspecified atom stereocenters. The van der Waals surface area contributed by atoms with E-state index in [-0.39, 0.29) is 17.6 Å². The van der Waals surface area contributed by atoms with Crippen molar-refractivity contribution in [2.24, 2.45) is 0 Å². The molecule has 2 rings (SSSR count). The zero-order chi connectivity index (χ0) is 16.7. The summed E-state index contributed by atoms with van der Waals surface area (Å²) in [5.41, 5.74) is 1.07. The third kappa shape index (κ3) is 6.59. The van der Waals surface area contributed by atoms with Crippen molar-refractivity contribution in [3.63, 3.8) is 0 Å². The molecule has 1 aliphatic heterocycles. The fourth-order valence-electron chi connectivity index (χ4n) is 2.75. The van der Waals surface area contributed by atoms with Crippen LogP contribution in [0.25, 0.3) is 0 Å². The number of nitrogens with one attached hydrogen (secondary N) is 2. The van der Waals surface area contributed by atoms with Crippen LogP contribution < -0.4 is 10.6 Å². The number of benzene rings is 1. The Kier molecular flexibility index (Phi) is 6.42. The lowest BCUT2D eigenvalue weighted by molar-refractivity contribution is 0.0172. The first-order valence-corrected chi connectivity index (χ1v) is 8.36. The molecule has 1 aliphatic rings. The first kappa shape index (κ1) is 17.8. The van der Waals surface area contributed by atoms with Gasteiger partial charge in [0.1, 0.15) is 0 Å². The van der Waals surface area contributed by atoms with E-state index in [0.717, 1.165) is 32.7 Å². The third-order valence-corrected chi connectivity index (χ3v) is 3.86. The van der Waals surface area contributed by atoms with Crippen LogP contribution in [-0.4, -0.2) is 55.4 Å². The van der Waals surface area contributed by atoms with E-state index in [1.807, 2.05) is 26.8 Å². The Balaban J connectivity index is 1.94. The average Bonchev–Trinajstić information content (AvgIpc) is 2.51. The Morgan fingerprint density at radius 1 is 1.22 bits per heavy atom. The number of nitrogens with zero attached hydrogens (tertiary/aromatic N) is 1. The molecule has 2 N–H and O–H groups in total. The Morgan fingerprint density at radius 3 is 2.48 bits per heavy atom. The van der Waals surface area contributed by atoms with Gasteiger partial charge in [-0.05, 0) is 32.8 Å². The molecule has 1 fully saturated rings. The maximum atomic E-state index is 12.0. The molecule has 0 radical (unpaired) electrons. The van der Waals surface area contributed by atoms with Crippen molar-refractivity contribution < 1.29 is 9.53 Å². The molecule has 1 atom stereocenters. The second kappa shape index (κ2) is 8.31. The second-order valence-electron chi connectivity index (χ2n) is 7.08. The number of carbonyl (C=O) groups excluding carboxylic acids is 1. The van der Waals surface area contributed by atoms with Crippen LogP contribution >= 0.6 is 0 Å². The lowest BCUT2D eigenvalue weighted by Gasteiger charge is -2.35. The van der Waals surface area contributed by atoms with Gasteiger partial charge in [0.25, 0.3) is 0 Å². The van der Waals surface area contributed by atoms with Crippen LogP contribution in [0.15, 0.2) is 30.3 Å². The van der Waals surface area contributed by atoms with E-state index in [1.165, 1.54) is 5.56 Å². The highest BCUT2D eigenvalue weighted by Gasteiger charge is 2.22. The number of hydrogen-bond acceptors (Lipinski definition) is 3. The minimum Gasteiger partial charge on any atom is -0.379 e. The highest BCUT2D eigenvalue weighted by molar-refractivity contribution is 5.74. The molecule has 0 spiro atoms. The normalized spacial score (nSPS) is 17.5. The quantitative estimate of drug-likeness (QED) is 0.873. The van der Waals surface area contributed by atoms with Gasteiger partial charge in [0.05, 0.1) is 13.2 Å². The van der Waals surface area contributed by atoms with Crippen molar-refractivity contribution in [2.45, 2.75) is 38.8 Å². The number of rotatable bonds is 5. The van der Waals surface area contributed by atoms with Crippen LogP contribution in [0, 0.1) is 0 Å². The maximum absolute atomic E-state index is 12.0. The number of ether oxygens (including phenoxy) is 1.